The Balaban J connectivity index is 1.73. The molecule has 6 heteroatoms. The van der Waals surface area contributed by atoms with Crippen LogP contribution in [0.1, 0.15) is 11.4 Å². The van der Waals surface area contributed by atoms with Crippen LogP contribution in [0.2, 0.25) is 0 Å². The topological polar surface area (TPSA) is 55.1 Å². The van der Waals surface area contributed by atoms with Crippen molar-refractivity contribution in [2.24, 2.45) is 0 Å². The third-order valence-corrected chi connectivity index (χ3v) is 3.73. The van der Waals surface area contributed by atoms with Gasteiger partial charge in [0.25, 0.3) is 0 Å². The lowest BCUT2D eigenvalue weighted by Gasteiger charge is -2.11. The summed E-state index contributed by atoms with van der Waals surface area (Å²) in [5.74, 6) is -0.274. The SMILES string of the molecule is Cc1cc(NCc2ccnc3ccnn23)c2cc(F)ccc2n1. The van der Waals surface area contributed by atoms with E-state index in [4.69, 9.17) is 0 Å². The van der Waals surface area contributed by atoms with Gasteiger partial charge < -0.3 is 5.32 Å². The summed E-state index contributed by atoms with van der Waals surface area (Å²) in [5.41, 5.74) is 4.27. The maximum atomic E-state index is 13.6. The van der Waals surface area contributed by atoms with E-state index in [0.29, 0.717) is 6.54 Å². The molecule has 0 saturated carbocycles. The van der Waals surface area contributed by atoms with Gasteiger partial charge >= 0.3 is 0 Å². The van der Waals surface area contributed by atoms with Crippen LogP contribution >= 0.6 is 0 Å². The van der Waals surface area contributed by atoms with Crippen molar-refractivity contribution in [3.05, 3.63) is 66.0 Å². The van der Waals surface area contributed by atoms with E-state index in [-0.39, 0.29) is 5.82 Å². The summed E-state index contributed by atoms with van der Waals surface area (Å²) in [5, 5.41) is 8.39. The number of benzene rings is 1. The van der Waals surface area contributed by atoms with E-state index in [9.17, 15) is 4.39 Å². The minimum absolute atomic E-state index is 0.274. The van der Waals surface area contributed by atoms with E-state index in [2.05, 4.69) is 20.4 Å². The van der Waals surface area contributed by atoms with Gasteiger partial charge in [-0.3, -0.25) is 4.98 Å². The number of anilines is 1. The molecule has 0 aliphatic carbocycles. The second-order valence-corrected chi connectivity index (χ2v) is 5.36. The largest absolute Gasteiger partial charge is 0.379 e. The number of hydrogen-bond donors (Lipinski definition) is 1. The van der Waals surface area contributed by atoms with Crippen LogP contribution in [-0.2, 0) is 6.54 Å². The lowest BCUT2D eigenvalue weighted by Crippen LogP contribution is -2.07. The molecule has 4 aromatic rings. The summed E-state index contributed by atoms with van der Waals surface area (Å²) in [6.45, 7) is 2.47. The molecule has 3 aromatic heterocycles. The van der Waals surface area contributed by atoms with Crippen LogP contribution in [0.5, 0.6) is 0 Å². The summed E-state index contributed by atoms with van der Waals surface area (Å²) in [7, 11) is 0. The van der Waals surface area contributed by atoms with Gasteiger partial charge in [-0.1, -0.05) is 0 Å². The summed E-state index contributed by atoms with van der Waals surface area (Å²) in [6.07, 6.45) is 3.47. The smallest absolute Gasteiger partial charge is 0.155 e. The first-order valence-electron chi connectivity index (χ1n) is 7.29. The Labute approximate surface area is 131 Å². The molecule has 0 unspecified atom stereocenters. The second-order valence-electron chi connectivity index (χ2n) is 5.36. The molecule has 4 rings (SSSR count). The van der Waals surface area contributed by atoms with E-state index < -0.39 is 0 Å². The normalized spacial score (nSPS) is 11.2. The molecule has 0 aliphatic heterocycles. The second kappa shape index (κ2) is 5.31. The molecule has 1 aromatic carbocycles. The molecule has 23 heavy (non-hydrogen) atoms. The molecule has 1 N–H and O–H groups in total. The quantitative estimate of drug-likeness (QED) is 0.631. The standard InChI is InChI=1S/C17H14FN5/c1-11-8-16(14-9-12(18)2-3-15(14)22-11)20-10-13-4-6-19-17-5-7-21-23(13)17/h2-9H,10H2,1H3,(H,20,22). The number of aryl methyl sites for hydroxylation is 1. The van der Waals surface area contributed by atoms with Gasteiger partial charge in [0.05, 0.1) is 24.0 Å². The average Bonchev–Trinajstić information content (AvgIpc) is 3.02. The van der Waals surface area contributed by atoms with Gasteiger partial charge in [-0.25, -0.2) is 13.9 Å². The minimum Gasteiger partial charge on any atom is -0.379 e. The zero-order valence-corrected chi connectivity index (χ0v) is 12.5. The third kappa shape index (κ3) is 2.48. The van der Waals surface area contributed by atoms with Gasteiger partial charge in [-0.15, -0.1) is 0 Å². The Morgan fingerprint density at radius 2 is 2.04 bits per heavy atom. The highest BCUT2D eigenvalue weighted by atomic mass is 19.1. The molecular weight excluding hydrogens is 293 g/mol. The number of rotatable bonds is 3. The lowest BCUT2D eigenvalue weighted by atomic mass is 10.1. The number of fused-ring (bicyclic) bond motifs is 2. The highest BCUT2D eigenvalue weighted by molar-refractivity contribution is 5.91. The molecule has 0 radical (unpaired) electrons. The van der Waals surface area contributed by atoms with Crippen molar-refractivity contribution in [3.63, 3.8) is 0 Å². The number of nitrogens with zero attached hydrogens (tertiary/aromatic N) is 4. The molecule has 0 fully saturated rings. The molecule has 0 spiro atoms. The van der Waals surface area contributed by atoms with E-state index in [1.165, 1.54) is 12.1 Å². The van der Waals surface area contributed by atoms with Crippen LogP contribution < -0.4 is 5.32 Å². The number of pyridine rings is 1. The number of hydrogen-bond acceptors (Lipinski definition) is 4. The Morgan fingerprint density at radius 1 is 1.13 bits per heavy atom. The maximum Gasteiger partial charge on any atom is 0.155 e. The summed E-state index contributed by atoms with van der Waals surface area (Å²) in [4.78, 5) is 8.69. The van der Waals surface area contributed by atoms with Crippen molar-refractivity contribution in [1.82, 2.24) is 19.6 Å². The van der Waals surface area contributed by atoms with Crippen LogP contribution in [0.3, 0.4) is 0 Å². The zero-order chi connectivity index (χ0) is 15.8. The Morgan fingerprint density at radius 3 is 2.96 bits per heavy atom. The van der Waals surface area contributed by atoms with Crippen molar-refractivity contribution in [1.29, 1.82) is 0 Å². The van der Waals surface area contributed by atoms with Crippen molar-refractivity contribution in [3.8, 4) is 0 Å². The molecule has 5 nitrogen and oxygen atoms in total. The van der Waals surface area contributed by atoms with Gasteiger partial charge in [0.2, 0.25) is 0 Å². The molecule has 114 valence electrons. The summed E-state index contributed by atoms with van der Waals surface area (Å²) >= 11 is 0. The summed E-state index contributed by atoms with van der Waals surface area (Å²) < 4.78 is 15.4. The Kier molecular flexibility index (Phi) is 3.15. The highest BCUT2D eigenvalue weighted by Crippen LogP contribution is 2.24. The van der Waals surface area contributed by atoms with Crippen LogP contribution in [0.25, 0.3) is 16.6 Å². The van der Waals surface area contributed by atoms with Gasteiger partial charge in [0, 0.05) is 29.0 Å². The molecular formula is C17H14FN5. The maximum absolute atomic E-state index is 13.6. The lowest BCUT2D eigenvalue weighted by molar-refractivity contribution is 0.629. The fourth-order valence-electron chi connectivity index (χ4n) is 2.68. The van der Waals surface area contributed by atoms with Crippen molar-refractivity contribution in [2.75, 3.05) is 5.32 Å². The zero-order valence-electron chi connectivity index (χ0n) is 12.5. The van der Waals surface area contributed by atoms with E-state index >= 15 is 0 Å². The van der Waals surface area contributed by atoms with Crippen molar-refractivity contribution >= 4 is 22.2 Å². The minimum atomic E-state index is -0.274. The highest BCUT2D eigenvalue weighted by Gasteiger charge is 2.07. The van der Waals surface area contributed by atoms with Crippen LogP contribution in [0.4, 0.5) is 10.1 Å². The van der Waals surface area contributed by atoms with Crippen LogP contribution in [0.15, 0.2) is 48.8 Å². The fourth-order valence-corrected chi connectivity index (χ4v) is 2.68. The first kappa shape index (κ1) is 13.6. The molecule has 0 bridgehead atoms. The van der Waals surface area contributed by atoms with Gasteiger partial charge in [0.15, 0.2) is 5.65 Å². The first-order chi connectivity index (χ1) is 11.2. The Hall–Kier alpha value is -3.02. The summed E-state index contributed by atoms with van der Waals surface area (Å²) in [6, 6.07) is 10.3. The average molecular weight is 307 g/mol. The van der Waals surface area contributed by atoms with E-state index in [1.54, 1.807) is 23.0 Å². The monoisotopic (exact) mass is 307 g/mol. The van der Waals surface area contributed by atoms with E-state index in [1.807, 2.05) is 25.1 Å². The van der Waals surface area contributed by atoms with Crippen LogP contribution in [0, 0.1) is 12.7 Å². The number of nitrogens with one attached hydrogen (secondary N) is 1. The number of halogens is 1. The first-order valence-corrected chi connectivity index (χ1v) is 7.29. The molecule has 0 amide bonds. The molecule has 3 heterocycles. The molecule has 0 atom stereocenters. The van der Waals surface area contributed by atoms with Crippen molar-refractivity contribution < 1.29 is 4.39 Å². The van der Waals surface area contributed by atoms with Crippen molar-refractivity contribution in [2.45, 2.75) is 13.5 Å². The molecule has 0 saturated heterocycles. The fraction of sp³-hybridized carbons (Fsp3) is 0.118. The predicted octanol–water partition coefficient (Wildman–Crippen LogP) is 3.34. The van der Waals surface area contributed by atoms with E-state index in [0.717, 1.165) is 33.6 Å². The number of aromatic nitrogens is 4. The predicted molar refractivity (Wildman–Crippen MR) is 86.8 cm³/mol. The third-order valence-electron chi connectivity index (χ3n) is 3.73. The van der Waals surface area contributed by atoms with Gasteiger partial charge in [0.1, 0.15) is 5.82 Å². The van der Waals surface area contributed by atoms with Gasteiger partial charge in [-0.05, 0) is 37.3 Å². The molecule has 0 aliphatic rings. The Bertz CT molecular complexity index is 1010. The van der Waals surface area contributed by atoms with Crippen LogP contribution in [-0.4, -0.2) is 19.6 Å². The van der Waals surface area contributed by atoms with Gasteiger partial charge in [-0.2, -0.15) is 5.10 Å².